The Morgan fingerprint density at radius 2 is 1.71 bits per heavy atom. The highest BCUT2D eigenvalue weighted by Gasteiger charge is 2.51. The summed E-state index contributed by atoms with van der Waals surface area (Å²) < 4.78 is 0. The van der Waals surface area contributed by atoms with Crippen molar-refractivity contribution in [1.82, 2.24) is 19.6 Å². The number of carbonyl (C=O) groups is 2. The van der Waals surface area contributed by atoms with Crippen LogP contribution in [0.1, 0.15) is 25.3 Å². The van der Waals surface area contributed by atoms with Crippen LogP contribution >= 0.6 is 11.6 Å². The molecule has 0 aromatic heterocycles. The lowest BCUT2D eigenvalue weighted by Gasteiger charge is -2.41. The molecule has 150 valence electrons. The Balaban J connectivity index is 1.55. The molecule has 2 fully saturated rings. The van der Waals surface area contributed by atoms with Crippen LogP contribution in [0, 0.1) is 5.92 Å². The quantitative estimate of drug-likeness (QED) is 0.761. The zero-order chi connectivity index (χ0) is 20.0. The summed E-state index contributed by atoms with van der Waals surface area (Å²) in [7, 11) is 3.63. The highest BCUT2D eigenvalue weighted by molar-refractivity contribution is 6.30. The molecule has 0 spiro atoms. The molecule has 3 aliphatic heterocycles. The summed E-state index contributed by atoms with van der Waals surface area (Å²) in [4.78, 5) is 38.0. The molecule has 0 aliphatic carbocycles. The van der Waals surface area contributed by atoms with Crippen LogP contribution in [0.25, 0.3) is 0 Å². The van der Waals surface area contributed by atoms with E-state index in [1.54, 1.807) is 24.1 Å². The number of likely N-dealkylation sites (tertiary alicyclic amines) is 1. The van der Waals surface area contributed by atoms with Gasteiger partial charge in [-0.3, -0.25) is 9.69 Å². The first-order valence-electron chi connectivity index (χ1n) is 9.75. The Bertz CT molecular complexity index is 803. The molecule has 2 saturated heterocycles. The van der Waals surface area contributed by atoms with E-state index in [9.17, 15) is 9.59 Å². The fourth-order valence-electron chi connectivity index (χ4n) is 4.18. The second-order valence-electron chi connectivity index (χ2n) is 8.01. The topological polar surface area (TPSA) is 59.5 Å². The van der Waals surface area contributed by atoms with Gasteiger partial charge in [-0.15, -0.1) is 0 Å². The molecule has 3 heterocycles. The summed E-state index contributed by atoms with van der Waals surface area (Å²) in [6.07, 6.45) is 1.77. The second kappa shape index (κ2) is 7.28. The van der Waals surface area contributed by atoms with Crippen LogP contribution < -0.4 is 0 Å². The van der Waals surface area contributed by atoms with E-state index in [2.05, 4.69) is 11.8 Å². The van der Waals surface area contributed by atoms with Crippen LogP contribution in [0.4, 0.5) is 4.79 Å². The van der Waals surface area contributed by atoms with Gasteiger partial charge >= 0.3 is 6.03 Å². The molecule has 0 saturated carbocycles. The van der Waals surface area contributed by atoms with Gasteiger partial charge in [0.25, 0.3) is 5.91 Å². The minimum Gasteiger partial charge on any atom is -0.343 e. The van der Waals surface area contributed by atoms with Crippen LogP contribution in [-0.4, -0.2) is 76.9 Å². The van der Waals surface area contributed by atoms with Crippen LogP contribution in [0.5, 0.6) is 0 Å². The number of urea groups is 1. The number of carbonyl (C=O) groups excluding carboxylic acids is 2. The smallest absolute Gasteiger partial charge is 0.328 e. The minimum absolute atomic E-state index is 0.199. The molecular formula is C20H26ClN5O2. The summed E-state index contributed by atoms with van der Waals surface area (Å²) in [5, 5.41) is 0.627. The molecule has 1 aromatic rings. The Kier molecular flexibility index (Phi) is 4.95. The van der Waals surface area contributed by atoms with Crippen molar-refractivity contribution >= 4 is 29.5 Å². The molecule has 3 amide bonds. The Morgan fingerprint density at radius 1 is 1.07 bits per heavy atom. The zero-order valence-corrected chi connectivity index (χ0v) is 17.3. The summed E-state index contributed by atoms with van der Waals surface area (Å²) in [5.41, 5.74) is 0.866. The summed E-state index contributed by atoms with van der Waals surface area (Å²) >= 11 is 5.94. The molecule has 0 bridgehead atoms. The van der Waals surface area contributed by atoms with Gasteiger partial charge in [-0.2, -0.15) is 0 Å². The maximum absolute atomic E-state index is 13.2. The number of hydrogen-bond donors (Lipinski definition) is 0. The van der Waals surface area contributed by atoms with Crippen molar-refractivity contribution < 1.29 is 9.59 Å². The van der Waals surface area contributed by atoms with Gasteiger partial charge < -0.3 is 14.7 Å². The number of halogens is 1. The fraction of sp³-hybridized carbons (Fsp3) is 0.550. The predicted octanol–water partition coefficient (Wildman–Crippen LogP) is 2.46. The van der Waals surface area contributed by atoms with Crippen molar-refractivity contribution in [2.24, 2.45) is 10.9 Å². The van der Waals surface area contributed by atoms with E-state index in [1.165, 1.54) is 4.90 Å². The van der Waals surface area contributed by atoms with E-state index < -0.39 is 12.2 Å². The average Bonchev–Trinajstić information content (AvgIpc) is 3.03. The number of likely N-dealkylation sites (N-methyl/N-ethyl adjacent to an activating group) is 2. The monoisotopic (exact) mass is 403 g/mol. The minimum atomic E-state index is -0.482. The number of imide groups is 1. The highest BCUT2D eigenvalue weighted by Crippen LogP contribution is 2.30. The van der Waals surface area contributed by atoms with Crippen LogP contribution in [-0.2, 0) is 11.3 Å². The second-order valence-corrected chi connectivity index (χ2v) is 8.45. The zero-order valence-electron chi connectivity index (χ0n) is 16.5. The van der Waals surface area contributed by atoms with E-state index in [0.29, 0.717) is 10.9 Å². The van der Waals surface area contributed by atoms with E-state index >= 15 is 0 Å². The number of aliphatic imine (C=N–C) groups is 1. The standard InChI is InChI=1S/C20H26ClN5O2/c1-13-8-10-25(11-9-13)19-22-17-16(23(19)2)18(27)26(20(28)24(17)3)12-14-4-6-15(21)7-5-14/h4-7,13,16-17H,8-12H2,1-3H3. The lowest BCUT2D eigenvalue weighted by molar-refractivity contribution is -0.137. The van der Waals surface area contributed by atoms with Gasteiger partial charge in [-0.05, 0) is 36.5 Å². The lowest BCUT2D eigenvalue weighted by atomic mass is 9.99. The highest BCUT2D eigenvalue weighted by atomic mass is 35.5. The number of hydrogen-bond acceptors (Lipinski definition) is 5. The number of guanidine groups is 1. The van der Waals surface area contributed by atoms with Crippen molar-refractivity contribution in [3.8, 4) is 0 Å². The molecular weight excluding hydrogens is 378 g/mol. The third-order valence-electron chi connectivity index (χ3n) is 6.03. The van der Waals surface area contributed by atoms with Crippen molar-refractivity contribution in [3.63, 3.8) is 0 Å². The van der Waals surface area contributed by atoms with Crippen molar-refractivity contribution in [1.29, 1.82) is 0 Å². The van der Waals surface area contributed by atoms with Crippen molar-refractivity contribution in [2.75, 3.05) is 27.2 Å². The molecule has 0 radical (unpaired) electrons. The summed E-state index contributed by atoms with van der Waals surface area (Å²) in [6, 6.07) is 6.41. The predicted molar refractivity (Wildman–Crippen MR) is 108 cm³/mol. The van der Waals surface area contributed by atoms with Crippen LogP contribution in [0.2, 0.25) is 5.02 Å². The Labute approximate surface area is 170 Å². The number of fused-ring (bicyclic) bond motifs is 1. The first-order chi connectivity index (χ1) is 13.4. The molecule has 2 atom stereocenters. The summed E-state index contributed by atoms with van der Waals surface area (Å²) in [6.45, 7) is 4.36. The van der Waals surface area contributed by atoms with Gasteiger partial charge in [0.05, 0.1) is 6.54 Å². The van der Waals surface area contributed by atoms with E-state index in [4.69, 9.17) is 16.6 Å². The Morgan fingerprint density at radius 3 is 2.36 bits per heavy atom. The molecule has 7 nitrogen and oxygen atoms in total. The lowest BCUT2D eigenvalue weighted by Crippen LogP contribution is -2.64. The van der Waals surface area contributed by atoms with Gasteiger partial charge in [0, 0.05) is 32.2 Å². The normalized spacial score (nSPS) is 26.1. The first kappa shape index (κ1) is 19.1. The summed E-state index contributed by atoms with van der Waals surface area (Å²) in [5.74, 6) is 1.34. The van der Waals surface area contributed by atoms with Gasteiger partial charge in [-0.1, -0.05) is 30.7 Å². The van der Waals surface area contributed by atoms with Crippen molar-refractivity contribution in [3.05, 3.63) is 34.9 Å². The number of nitrogens with zero attached hydrogens (tertiary/aromatic N) is 5. The average molecular weight is 404 g/mol. The molecule has 8 heteroatoms. The molecule has 4 rings (SSSR count). The molecule has 3 aliphatic rings. The van der Waals surface area contributed by atoms with Crippen LogP contribution in [0.3, 0.4) is 0 Å². The number of benzene rings is 1. The van der Waals surface area contributed by atoms with Crippen molar-refractivity contribution in [2.45, 2.75) is 38.5 Å². The third kappa shape index (κ3) is 3.21. The van der Waals surface area contributed by atoms with Gasteiger partial charge in [-0.25, -0.2) is 9.79 Å². The third-order valence-corrected chi connectivity index (χ3v) is 6.28. The van der Waals surface area contributed by atoms with Gasteiger partial charge in [0.15, 0.2) is 18.2 Å². The SMILES string of the molecule is CC1CCN(C2=NC3C(C(=O)N(Cc4ccc(Cl)cc4)C(=O)N3C)N2C)CC1. The largest absolute Gasteiger partial charge is 0.343 e. The first-order valence-corrected chi connectivity index (χ1v) is 10.1. The fourth-order valence-corrected chi connectivity index (χ4v) is 4.31. The molecule has 0 N–H and O–H groups in total. The van der Waals surface area contributed by atoms with E-state index in [-0.39, 0.29) is 18.5 Å². The van der Waals surface area contributed by atoms with Gasteiger partial charge in [0.1, 0.15) is 0 Å². The van der Waals surface area contributed by atoms with E-state index in [0.717, 1.165) is 37.5 Å². The number of piperidine rings is 1. The van der Waals surface area contributed by atoms with Crippen LogP contribution in [0.15, 0.2) is 29.3 Å². The molecule has 1 aromatic carbocycles. The number of rotatable bonds is 2. The Hall–Kier alpha value is -2.28. The van der Waals surface area contributed by atoms with Gasteiger partial charge in [0.2, 0.25) is 0 Å². The molecule has 28 heavy (non-hydrogen) atoms. The maximum atomic E-state index is 13.2. The maximum Gasteiger partial charge on any atom is 0.328 e. The van der Waals surface area contributed by atoms with E-state index in [1.807, 2.05) is 24.1 Å². The number of amides is 3. The molecule has 2 unspecified atom stereocenters.